The van der Waals surface area contributed by atoms with Crippen LogP contribution < -0.4 is 0 Å². The Morgan fingerprint density at radius 1 is 1.10 bits per heavy atom. The predicted octanol–water partition coefficient (Wildman–Crippen LogP) is 4.71. The van der Waals surface area contributed by atoms with E-state index >= 15 is 0 Å². The largest absolute Gasteiger partial charge is 0.255 e. The lowest BCUT2D eigenvalue weighted by molar-refractivity contribution is 0.540. The standard InChI is InChI=1S/C19H22N2/c1-12-9-13(2)16(14(3)10-12)21-18-17-15(7-6-8-20-17)11-19(18,4)5/h6-10H,11H2,1-5H3. The number of benzene rings is 1. The van der Waals surface area contributed by atoms with Gasteiger partial charge < -0.3 is 0 Å². The Morgan fingerprint density at radius 3 is 2.43 bits per heavy atom. The number of hydrogen-bond donors (Lipinski definition) is 0. The van der Waals surface area contributed by atoms with Gasteiger partial charge in [0.1, 0.15) is 0 Å². The maximum absolute atomic E-state index is 5.05. The van der Waals surface area contributed by atoms with E-state index in [9.17, 15) is 0 Å². The highest BCUT2D eigenvalue weighted by Gasteiger charge is 2.36. The van der Waals surface area contributed by atoms with Crippen LogP contribution in [-0.4, -0.2) is 10.7 Å². The molecule has 0 aliphatic heterocycles. The van der Waals surface area contributed by atoms with E-state index in [4.69, 9.17) is 4.99 Å². The summed E-state index contributed by atoms with van der Waals surface area (Å²) in [4.78, 5) is 9.63. The summed E-state index contributed by atoms with van der Waals surface area (Å²) < 4.78 is 0. The molecule has 1 aliphatic rings. The number of aromatic nitrogens is 1. The molecule has 0 saturated carbocycles. The van der Waals surface area contributed by atoms with Crippen LogP contribution in [0.1, 0.15) is 41.8 Å². The Labute approximate surface area is 127 Å². The molecule has 0 saturated heterocycles. The highest BCUT2D eigenvalue weighted by atomic mass is 14.8. The Hall–Kier alpha value is -1.96. The number of aliphatic imine (C=N–C) groups is 1. The molecular weight excluding hydrogens is 256 g/mol. The van der Waals surface area contributed by atoms with E-state index in [1.807, 2.05) is 12.3 Å². The van der Waals surface area contributed by atoms with Crippen molar-refractivity contribution in [1.29, 1.82) is 0 Å². The zero-order chi connectivity index (χ0) is 15.2. The molecule has 0 unspecified atom stereocenters. The van der Waals surface area contributed by atoms with Crippen LogP contribution >= 0.6 is 0 Å². The van der Waals surface area contributed by atoms with E-state index in [2.05, 4.69) is 57.8 Å². The fraction of sp³-hybridized carbons (Fsp3) is 0.368. The van der Waals surface area contributed by atoms with E-state index < -0.39 is 0 Å². The third kappa shape index (κ3) is 2.39. The van der Waals surface area contributed by atoms with Crippen molar-refractivity contribution in [3.8, 4) is 0 Å². The van der Waals surface area contributed by atoms with Crippen LogP contribution in [0.25, 0.3) is 0 Å². The normalized spacial score (nSPS) is 18.0. The van der Waals surface area contributed by atoms with Crippen LogP contribution in [0.2, 0.25) is 0 Å². The van der Waals surface area contributed by atoms with Crippen molar-refractivity contribution in [2.24, 2.45) is 10.4 Å². The molecule has 1 aliphatic carbocycles. The SMILES string of the molecule is Cc1cc(C)c(N=C2c3ncccc3CC2(C)C)c(C)c1. The van der Waals surface area contributed by atoms with E-state index in [0.717, 1.165) is 23.5 Å². The number of pyridine rings is 1. The zero-order valence-electron chi connectivity index (χ0n) is 13.5. The topological polar surface area (TPSA) is 25.2 Å². The van der Waals surface area contributed by atoms with Crippen molar-refractivity contribution >= 4 is 11.4 Å². The first-order valence-electron chi connectivity index (χ1n) is 7.50. The smallest absolute Gasteiger partial charge is 0.0882 e. The Balaban J connectivity index is 2.20. The minimum Gasteiger partial charge on any atom is -0.255 e. The zero-order valence-corrected chi connectivity index (χ0v) is 13.5. The number of aryl methyl sites for hydroxylation is 3. The summed E-state index contributed by atoms with van der Waals surface area (Å²) in [6.45, 7) is 10.9. The van der Waals surface area contributed by atoms with E-state index in [1.54, 1.807) is 0 Å². The van der Waals surface area contributed by atoms with E-state index in [0.29, 0.717) is 0 Å². The highest BCUT2D eigenvalue weighted by Crippen LogP contribution is 2.38. The molecule has 0 amide bonds. The third-order valence-electron chi connectivity index (χ3n) is 4.25. The molecule has 0 radical (unpaired) electrons. The van der Waals surface area contributed by atoms with Crippen LogP contribution in [0.3, 0.4) is 0 Å². The summed E-state index contributed by atoms with van der Waals surface area (Å²) in [7, 11) is 0. The van der Waals surface area contributed by atoms with Gasteiger partial charge in [-0.15, -0.1) is 0 Å². The highest BCUT2D eigenvalue weighted by molar-refractivity contribution is 6.08. The molecule has 2 heteroatoms. The average Bonchev–Trinajstić information content (AvgIpc) is 2.63. The maximum Gasteiger partial charge on any atom is 0.0882 e. The molecule has 3 rings (SSSR count). The molecule has 1 aromatic heterocycles. The second-order valence-electron chi connectivity index (χ2n) is 6.78. The van der Waals surface area contributed by atoms with Crippen molar-refractivity contribution < 1.29 is 0 Å². The molecule has 108 valence electrons. The van der Waals surface area contributed by atoms with Crippen molar-refractivity contribution in [2.45, 2.75) is 41.0 Å². The molecule has 2 aromatic rings. The quantitative estimate of drug-likeness (QED) is 0.741. The van der Waals surface area contributed by atoms with Gasteiger partial charge in [-0.1, -0.05) is 37.6 Å². The second-order valence-corrected chi connectivity index (χ2v) is 6.78. The minimum atomic E-state index is 0.0421. The van der Waals surface area contributed by atoms with Gasteiger partial charge in [-0.2, -0.15) is 0 Å². The molecular formula is C19H22N2. The van der Waals surface area contributed by atoms with Gasteiger partial charge in [0.25, 0.3) is 0 Å². The van der Waals surface area contributed by atoms with Crippen molar-refractivity contribution in [3.05, 3.63) is 58.4 Å². The lowest BCUT2D eigenvalue weighted by Gasteiger charge is -2.19. The van der Waals surface area contributed by atoms with Crippen LogP contribution in [0.5, 0.6) is 0 Å². The average molecular weight is 278 g/mol. The van der Waals surface area contributed by atoms with Crippen LogP contribution in [0.15, 0.2) is 35.5 Å². The number of fused-ring (bicyclic) bond motifs is 1. The summed E-state index contributed by atoms with van der Waals surface area (Å²) in [5, 5.41) is 0. The van der Waals surface area contributed by atoms with Gasteiger partial charge in [0.2, 0.25) is 0 Å². The number of hydrogen-bond acceptors (Lipinski definition) is 2. The van der Waals surface area contributed by atoms with Crippen LogP contribution in [0.4, 0.5) is 5.69 Å². The molecule has 1 heterocycles. The van der Waals surface area contributed by atoms with Crippen LogP contribution in [-0.2, 0) is 6.42 Å². The molecule has 21 heavy (non-hydrogen) atoms. The Morgan fingerprint density at radius 2 is 1.76 bits per heavy atom. The number of rotatable bonds is 1. The van der Waals surface area contributed by atoms with Crippen molar-refractivity contribution in [1.82, 2.24) is 4.98 Å². The fourth-order valence-corrected chi connectivity index (χ4v) is 3.34. The lowest BCUT2D eigenvalue weighted by atomic mass is 9.88. The second kappa shape index (κ2) is 4.80. The maximum atomic E-state index is 5.05. The van der Waals surface area contributed by atoms with E-state index in [-0.39, 0.29) is 5.41 Å². The molecule has 0 atom stereocenters. The fourth-order valence-electron chi connectivity index (χ4n) is 3.34. The molecule has 0 N–H and O–H groups in total. The minimum absolute atomic E-state index is 0.0421. The molecule has 0 bridgehead atoms. The Bertz CT molecular complexity index is 716. The van der Waals surface area contributed by atoms with Gasteiger partial charge in [-0.3, -0.25) is 9.98 Å². The predicted molar refractivity (Wildman–Crippen MR) is 88.6 cm³/mol. The first-order chi connectivity index (χ1) is 9.88. The van der Waals surface area contributed by atoms with Gasteiger partial charge in [0, 0.05) is 11.6 Å². The van der Waals surface area contributed by atoms with Gasteiger partial charge in [0.05, 0.1) is 17.1 Å². The molecule has 0 fully saturated rings. The summed E-state index contributed by atoms with van der Waals surface area (Å²) in [6, 6.07) is 8.59. The van der Waals surface area contributed by atoms with Gasteiger partial charge >= 0.3 is 0 Å². The third-order valence-corrected chi connectivity index (χ3v) is 4.25. The first kappa shape index (κ1) is 14.0. The van der Waals surface area contributed by atoms with Gasteiger partial charge in [0.15, 0.2) is 0 Å². The summed E-state index contributed by atoms with van der Waals surface area (Å²) in [5.41, 5.74) is 8.40. The summed E-state index contributed by atoms with van der Waals surface area (Å²) in [6.07, 6.45) is 2.88. The van der Waals surface area contributed by atoms with Crippen molar-refractivity contribution in [2.75, 3.05) is 0 Å². The monoisotopic (exact) mass is 278 g/mol. The van der Waals surface area contributed by atoms with E-state index in [1.165, 1.54) is 22.3 Å². The van der Waals surface area contributed by atoms with Gasteiger partial charge in [-0.05, 0) is 49.9 Å². The first-order valence-corrected chi connectivity index (χ1v) is 7.50. The van der Waals surface area contributed by atoms with Crippen LogP contribution in [0, 0.1) is 26.2 Å². The molecule has 2 nitrogen and oxygen atoms in total. The molecule has 0 spiro atoms. The van der Waals surface area contributed by atoms with Gasteiger partial charge in [-0.25, -0.2) is 0 Å². The lowest BCUT2D eigenvalue weighted by Crippen LogP contribution is -2.20. The summed E-state index contributed by atoms with van der Waals surface area (Å²) in [5.74, 6) is 0. The summed E-state index contributed by atoms with van der Waals surface area (Å²) >= 11 is 0. The number of nitrogens with zero attached hydrogens (tertiary/aromatic N) is 2. The molecule has 1 aromatic carbocycles. The van der Waals surface area contributed by atoms with Crippen molar-refractivity contribution in [3.63, 3.8) is 0 Å². The Kier molecular flexibility index (Phi) is 3.20.